The van der Waals surface area contributed by atoms with E-state index in [1.807, 2.05) is 37.4 Å². The first kappa shape index (κ1) is 17.8. The van der Waals surface area contributed by atoms with Crippen molar-refractivity contribution in [3.63, 3.8) is 0 Å². The number of para-hydroxylation sites is 1. The van der Waals surface area contributed by atoms with Gasteiger partial charge in [-0.3, -0.25) is 9.69 Å². The molecule has 1 amide bonds. The average Bonchev–Trinajstić information content (AvgIpc) is 2.59. The van der Waals surface area contributed by atoms with Crippen molar-refractivity contribution in [2.75, 3.05) is 46.4 Å². The minimum Gasteiger partial charge on any atom is -0.492 e. The van der Waals surface area contributed by atoms with Gasteiger partial charge in [-0.1, -0.05) is 18.2 Å². The molecule has 128 valence electrons. The molecule has 0 aliphatic carbocycles. The fourth-order valence-electron chi connectivity index (χ4n) is 2.92. The second kappa shape index (κ2) is 10.2. The molecule has 1 heterocycles. The number of nitrogens with one attached hydrogen (secondary N) is 2. The molecule has 0 atom stereocenters. The highest BCUT2D eigenvalue weighted by Crippen LogP contribution is 2.19. The molecule has 0 saturated carbocycles. The summed E-state index contributed by atoms with van der Waals surface area (Å²) in [4.78, 5) is 14.2. The Morgan fingerprint density at radius 2 is 1.96 bits per heavy atom. The fraction of sp³-hybridized carbons (Fsp3) is 0.611. The standard InChI is InChI=1S/C18H29N3O2/c1-19-10-7-16-8-12-21(13-9-16)15-18(22)20-11-14-23-17-5-3-2-4-6-17/h2-6,16,19H,7-15H2,1H3,(H,20,22). The van der Waals surface area contributed by atoms with Crippen molar-refractivity contribution in [1.82, 2.24) is 15.5 Å². The molecular weight excluding hydrogens is 290 g/mol. The van der Waals surface area contributed by atoms with Crippen molar-refractivity contribution in [1.29, 1.82) is 0 Å². The molecule has 0 aromatic heterocycles. The normalized spacial score (nSPS) is 16.2. The Kier molecular flexibility index (Phi) is 7.90. The first-order valence-corrected chi connectivity index (χ1v) is 8.59. The van der Waals surface area contributed by atoms with Crippen LogP contribution in [-0.2, 0) is 4.79 Å². The van der Waals surface area contributed by atoms with Gasteiger partial charge in [-0.25, -0.2) is 0 Å². The summed E-state index contributed by atoms with van der Waals surface area (Å²) in [5.41, 5.74) is 0. The summed E-state index contributed by atoms with van der Waals surface area (Å²) in [6.45, 7) is 4.70. The van der Waals surface area contributed by atoms with Gasteiger partial charge in [-0.15, -0.1) is 0 Å². The number of nitrogens with zero attached hydrogens (tertiary/aromatic N) is 1. The zero-order chi connectivity index (χ0) is 16.3. The summed E-state index contributed by atoms with van der Waals surface area (Å²) < 4.78 is 5.56. The Morgan fingerprint density at radius 3 is 2.65 bits per heavy atom. The van der Waals surface area contributed by atoms with Gasteiger partial charge < -0.3 is 15.4 Å². The van der Waals surface area contributed by atoms with Gasteiger partial charge in [0.25, 0.3) is 0 Å². The predicted octanol–water partition coefficient (Wildman–Crippen LogP) is 1.50. The van der Waals surface area contributed by atoms with Gasteiger partial charge >= 0.3 is 0 Å². The summed E-state index contributed by atoms with van der Waals surface area (Å²) in [7, 11) is 2.00. The van der Waals surface area contributed by atoms with Gasteiger partial charge in [0.05, 0.1) is 13.1 Å². The molecule has 5 heteroatoms. The molecule has 1 fully saturated rings. The zero-order valence-corrected chi connectivity index (χ0v) is 14.1. The van der Waals surface area contributed by atoms with Gasteiger partial charge in [-0.05, 0) is 64.0 Å². The van der Waals surface area contributed by atoms with E-state index in [9.17, 15) is 4.79 Å². The maximum atomic E-state index is 12.0. The number of benzene rings is 1. The molecule has 1 saturated heterocycles. The van der Waals surface area contributed by atoms with Gasteiger partial charge in [0.15, 0.2) is 0 Å². The minimum absolute atomic E-state index is 0.0929. The molecule has 0 unspecified atom stereocenters. The summed E-state index contributed by atoms with van der Waals surface area (Å²) >= 11 is 0. The van der Waals surface area contributed by atoms with Crippen molar-refractivity contribution >= 4 is 5.91 Å². The van der Waals surface area contributed by atoms with E-state index < -0.39 is 0 Å². The van der Waals surface area contributed by atoms with E-state index in [0.29, 0.717) is 19.7 Å². The highest BCUT2D eigenvalue weighted by molar-refractivity contribution is 5.78. The number of hydrogen-bond acceptors (Lipinski definition) is 4. The summed E-state index contributed by atoms with van der Waals surface area (Å²) in [5, 5.41) is 6.14. The lowest BCUT2D eigenvalue weighted by Gasteiger charge is -2.31. The molecule has 23 heavy (non-hydrogen) atoms. The Labute approximate surface area is 139 Å². The third-order valence-electron chi connectivity index (χ3n) is 4.31. The first-order valence-electron chi connectivity index (χ1n) is 8.59. The number of carbonyl (C=O) groups excluding carboxylic acids is 1. The van der Waals surface area contributed by atoms with Crippen molar-refractivity contribution in [3.05, 3.63) is 30.3 Å². The van der Waals surface area contributed by atoms with E-state index in [-0.39, 0.29) is 5.91 Å². The number of carbonyl (C=O) groups is 1. The van der Waals surface area contributed by atoms with Crippen LogP contribution in [0.2, 0.25) is 0 Å². The Hall–Kier alpha value is -1.59. The average molecular weight is 319 g/mol. The number of hydrogen-bond donors (Lipinski definition) is 2. The monoisotopic (exact) mass is 319 g/mol. The van der Waals surface area contributed by atoms with Gasteiger partial charge in [0.2, 0.25) is 5.91 Å². The molecule has 0 radical (unpaired) electrons. The minimum atomic E-state index is 0.0929. The Balaban J connectivity index is 1.53. The predicted molar refractivity (Wildman–Crippen MR) is 92.7 cm³/mol. The molecule has 2 N–H and O–H groups in total. The van der Waals surface area contributed by atoms with E-state index in [1.54, 1.807) is 0 Å². The zero-order valence-electron chi connectivity index (χ0n) is 14.1. The van der Waals surface area contributed by atoms with Crippen LogP contribution in [-0.4, -0.2) is 57.2 Å². The number of likely N-dealkylation sites (tertiary alicyclic amines) is 1. The van der Waals surface area contributed by atoms with Crippen LogP contribution >= 0.6 is 0 Å². The van der Waals surface area contributed by atoms with Gasteiger partial charge in [-0.2, -0.15) is 0 Å². The first-order chi connectivity index (χ1) is 11.3. The van der Waals surface area contributed by atoms with E-state index in [4.69, 9.17) is 4.74 Å². The molecule has 1 aliphatic heterocycles. The van der Waals surface area contributed by atoms with E-state index >= 15 is 0 Å². The van der Waals surface area contributed by atoms with Crippen molar-refractivity contribution in [3.8, 4) is 5.75 Å². The van der Waals surface area contributed by atoms with Crippen LogP contribution in [0.1, 0.15) is 19.3 Å². The van der Waals surface area contributed by atoms with Crippen LogP contribution in [0.4, 0.5) is 0 Å². The molecule has 1 aromatic carbocycles. The fourth-order valence-corrected chi connectivity index (χ4v) is 2.92. The smallest absolute Gasteiger partial charge is 0.234 e. The molecular formula is C18H29N3O2. The topological polar surface area (TPSA) is 53.6 Å². The number of ether oxygens (including phenoxy) is 1. The summed E-state index contributed by atoms with van der Waals surface area (Å²) in [6, 6.07) is 9.67. The second-order valence-corrected chi connectivity index (χ2v) is 6.12. The molecule has 5 nitrogen and oxygen atoms in total. The van der Waals surface area contributed by atoms with Crippen LogP contribution in [0.5, 0.6) is 5.75 Å². The van der Waals surface area contributed by atoms with Gasteiger partial charge in [0, 0.05) is 0 Å². The van der Waals surface area contributed by atoms with Crippen LogP contribution in [0.25, 0.3) is 0 Å². The van der Waals surface area contributed by atoms with E-state index in [0.717, 1.165) is 31.3 Å². The number of amides is 1. The lowest BCUT2D eigenvalue weighted by molar-refractivity contribution is -0.122. The summed E-state index contributed by atoms with van der Waals surface area (Å²) in [5.74, 6) is 1.74. The maximum absolute atomic E-state index is 12.0. The van der Waals surface area contributed by atoms with E-state index in [1.165, 1.54) is 19.3 Å². The van der Waals surface area contributed by atoms with Crippen molar-refractivity contribution in [2.24, 2.45) is 5.92 Å². The molecule has 2 rings (SSSR count). The van der Waals surface area contributed by atoms with Crippen molar-refractivity contribution in [2.45, 2.75) is 19.3 Å². The van der Waals surface area contributed by atoms with E-state index in [2.05, 4.69) is 15.5 Å². The molecule has 1 aliphatic rings. The second-order valence-electron chi connectivity index (χ2n) is 6.12. The Morgan fingerprint density at radius 1 is 1.22 bits per heavy atom. The largest absolute Gasteiger partial charge is 0.492 e. The lowest BCUT2D eigenvalue weighted by atomic mass is 9.93. The maximum Gasteiger partial charge on any atom is 0.234 e. The van der Waals surface area contributed by atoms with Crippen LogP contribution in [0.3, 0.4) is 0 Å². The highest BCUT2D eigenvalue weighted by atomic mass is 16.5. The third-order valence-corrected chi connectivity index (χ3v) is 4.31. The van der Waals surface area contributed by atoms with Crippen LogP contribution in [0.15, 0.2) is 30.3 Å². The van der Waals surface area contributed by atoms with Gasteiger partial charge in [0.1, 0.15) is 12.4 Å². The Bertz CT molecular complexity index is 445. The third kappa shape index (κ3) is 7.01. The van der Waals surface area contributed by atoms with Crippen molar-refractivity contribution < 1.29 is 9.53 Å². The summed E-state index contributed by atoms with van der Waals surface area (Å²) in [6.07, 6.45) is 3.64. The number of rotatable bonds is 9. The quantitative estimate of drug-likeness (QED) is 0.678. The molecule has 1 aromatic rings. The lowest BCUT2D eigenvalue weighted by Crippen LogP contribution is -2.42. The number of piperidine rings is 1. The molecule has 0 spiro atoms. The SMILES string of the molecule is CNCCC1CCN(CC(=O)NCCOc2ccccc2)CC1. The highest BCUT2D eigenvalue weighted by Gasteiger charge is 2.20. The molecule has 0 bridgehead atoms. The van der Waals surface area contributed by atoms with Crippen LogP contribution in [0, 0.1) is 5.92 Å². The van der Waals surface area contributed by atoms with Crippen LogP contribution < -0.4 is 15.4 Å².